The Morgan fingerprint density at radius 1 is 1.20 bits per heavy atom. The van der Waals surface area contributed by atoms with E-state index in [9.17, 15) is 0 Å². The molecule has 0 aliphatic heterocycles. The van der Waals surface area contributed by atoms with E-state index < -0.39 is 0 Å². The first kappa shape index (κ1) is 10.7. The third-order valence-electron chi connectivity index (χ3n) is 3.55. The highest BCUT2D eigenvalue weighted by atomic mass is 14.6. The van der Waals surface area contributed by atoms with Crippen molar-refractivity contribution in [3.05, 3.63) is 34.4 Å². The molecule has 0 radical (unpaired) electrons. The van der Waals surface area contributed by atoms with Crippen molar-refractivity contribution in [2.24, 2.45) is 11.7 Å². The van der Waals surface area contributed by atoms with E-state index in [0.29, 0.717) is 5.92 Å². The molecule has 1 unspecified atom stereocenters. The second-order valence-corrected chi connectivity index (χ2v) is 4.99. The largest absolute Gasteiger partial charge is 0.330 e. The van der Waals surface area contributed by atoms with Gasteiger partial charge in [0.2, 0.25) is 0 Å². The first-order valence-electron chi connectivity index (χ1n) is 5.91. The van der Waals surface area contributed by atoms with Gasteiger partial charge in [-0.2, -0.15) is 0 Å². The lowest BCUT2D eigenvalue weighted by atomic mass is 9.86. The highest BCUT2D eigenvalue weighted by Crippen LogP contribution is 2.43. The minimum Gasteiger partial charge on any atom is -0.330 e. The quantitative estimate of drug-likeness (QED) is 0.802. The molecule has 2 N–H and O–H groups in total. The molecule has 0 heterocycles. The molecule has 2 rings (SSSR count). The van der Waals surface area contributed by atoms with E-state index in [1.54, 1.807) is 0 Å². The fourth-order valence-electron chi connectivity index (χ4n) is 2.82. The summed E-state index contributed by atoms with van der Waals surface area (Å²) in [5.74, 6) is 1.46. The van der Waals surface area contributed by atoms with Crippen LogP contribution < -0.4 is 5.73 Å². The molecular formula is C14H21N. The molecule has 0 aromatic heterocycles. The van der Waals surface area contributed by atoms with Gasteiger partial charge in [0, 0.05) is 0 Å². The minimum atomic E-state index is 0.602. The van der Waals surface area contributed by atoms with E-state index in [0.717, 1.165) is 12.5 Å². The van der Waals surface area contributed by atoms with Crippen LogP contribution >= 0.6 is 0 Å². The van der Waals surface area contributed by atoms with E-state index >= 15 is 0 Å². The van der Waals surface area contributed by atoms with E-state index in [1.165, 1.54) is 35.1 Å². The van der Waals surface area contributed by atoms with Crippen LogP contribution in [0.5, 0.6) is 0 Å². The zero-order valence-electron chi connectivity index (χ0n) is 10.0. The fraction of sp³-hybridized carbons (Fsp3) is 0.571. The van der Waals surface area contributed by atoms with Crippen molar-refractivity contribution in [1.82, 2.24) is 0 Å². The van der Waals surface area contributed by atoms with E-state index in [-0.39, 0.29) is 0 Å². The normalized spacial score (nSPS) is 17.9. The molecule has 0 saturated heterocycles. The van der Waals surface area contributed by atoms with Crippen LogP contribution in [0.3, 0.4) is 0 Å². The lowest BCUT2D eigenvalue weighted by Crippen LogP contribution is -2.16. The molecule has 1 aromatic rings. The van der Waals surface area contributed by atoms with Crippen molar-refractivity contribution < 1.29 is 0 Å². The van der Waals surface area contributed by atoms with Gasteiger partial charge in [-0.05, 0) is 68.7 Å². The van der Waals surface area contributed by atoms with Crippen LogP contribution in [-0.2, 0) is 0 Å². The maximum absolute atomic E-state index is 5.92. The van der Waals surface area contributed by atoms with Crippen LogP contribution in [0.25, 0.3) is 0 Å². The average molecular weight is 203 g/mol. The van der Waals surface area contributed by atoms with Gasteiger partial charge in [-0.1, -0.05) is 17.7 Å². The number of hydrogen-bond acceptors (Lipinski definition) is 1. The molecule has 1 saturated carbocycles. The van der Waals surface area contributed by atoms with Gasteiger partial charge < -0.3 is 5.73 Å². The Hall–Kier alpha value is -0.820. The second-order valence-electron chi connectivity index (χ2n) is 4.99. The minimum absolute atomic E-state index is 0.602. The lowest BCUT2D eigenvalue weighted by molar-refractivity contribution is 0.609. The Balaban J connectivity index is 2.40. The molecular weight excluding hydrogens is 182 g/mol. The summed E-state index contributed by atoms with van der Waals surface area (Å²) in [6.45, 7) is 7.41. The van der Waals surface area contributed by atoms with Crippen LogP contribution in [-0.4, -0.2) is 6.54 Å². The molecule has 1 aliphatic carbocycles. The molecule has 1 aliphatic rings. The topological polar surface area (TPSA) is 26.0 Å². The molecule has 15 heavy (non-hydrogen) atoms. The monoisotopic (exact) mass is 203 g/mol. The SMILES string of the molecule is Cc1cc(C)c(C(CN)C2CC2)c(C)c1. The summed E-state index contributed by atoms with van der Waals surface area (Å²) >= 11 is 0. The van der Waals surface area contributed by atoms with Crippen molar-refractivity contribution in [2.75, 3.05) is 6.54 Å². The van der Waals surface area contributed by atoms with E-state index in [2.05, 4.69) is 32.9 Å². The van der Waals surface area contributed by atoms with Gasteiger partial charge in [-0.15, -0.1) is 0 Å². The van der Waals surface area contributed by atoms with Crippen molar-refractivity contribution in [3.8, 4) is 0 Å². The summed E-state index contributed by atoms with van der Waals surface area (Å²) in [6, 6.07) is 4.57. The molecule has 0 bridgehead atoms. The molecule has 1 heteroatoms. The Morgan fingerprint density at radius 2 is 1.73 bits per heavy atom. The molecule has 0 amide bonds. The van der Waals surface area contributed by atoms with Gasteiger partial charge in [0.25, 0.3) is 0 Å². The summed E-state index contributed by atoms with van der Waals surface area (Å²) in [6.07, 6.45) is 2.74. The standard InChI is InChI=1S/C14H21N/c1-9-6-10(2)14(11(3)7-9)13(8-15)12-4-5-12/h6-7,12-13H,4-5,8,15H2,1-3H3. The lowest BCUT2D eigenvalue weighted by Gasteiger charge is -2.20. The molecule has 1 fully saturated rings. The van der Waals surface area contributed by atoms with Crippen molar-refractivity contribution in [3.63, 3.8) is 0 Å². The van der Waals surface area contributed by atoms with Crippen LogP contribution in [0.2, 0.25) is 0 Å². The van der Waals surface area contributed by atoms with Crippen LogP contribution in [0.15, 0.2) is 12.1 Å². The van der Waals surface area contributed by atoms with E-state index in [1.807, 2.05) is 0 Å². The van der Waals surface area contributed by atoms with Crippen LogP contribution in [0.1, 0.15) is 41.0 Å². The summed E-state index contributed by atoms with van der Waals surface area (Å²) < 4.78 is 0. The summed E-state index contributed by atoms with van der Waals surface area (Å²) in [5, 5.41) is 0. The van der Waals surface area contributed by atoms with Crippen molar-refractivity contribution in [1.29, 1.82) is 0 Å². The average Bonchev–Trinajstić information content (AvgIpc) is 2.94. The highest BCUT2D eigenvalue weighted by Gasteiger charge is 2.32. The zero-order chi connectivity index (χ0) is 11.0. The Bertz CT molecular complexity index is 341. The third kappa shape index (κ3) is 2.07. The van der Waals surface area contributed by atoms with Gasteiger partial charge >= 0.3 is 0 Å². The van der Waals surface area contributed by atoms with Crippen LogP contribution in [0, 0.1) is 26.7 Å². The molecule has 82 valence electrons. The number of aryl methyl sites for hydroxylation is 3. The van der Waals surface area contributed by atoms with Crippen molar-refractivity contribution >= 4 is 0 Å². The zero-order valence-corrected chi connectivity index (χ0v) is 10.0. The number of benzene rings is 1. The molecule has 1 atom stereocenters. The Morgan fingerprint density at radius 3 is 2.13 bits per heavy atom. The first-order valence-corrected chi connectivity index (χ1v) is 5.91. The van der Waals surface area contributed by atoms with Gasteiger partial charge in [0.1, 0.15) is 0 Å². The van der Waals surface area contributed by atoms with Gasteiger partial charge in [-0.3, -0.25) is 0 Å². The van der Waals surface area contributed by atoms with Gasteiger partial charge in [0.15, 0.2) is 0 Å². The van der Waals surface area contributed by atoms with Gasteiger partial charge in [0.05, 0.1) is 0 Å². The third-order valence-corrected chi connectivity index (χ3v) is 3.55. The van der Waals surface area contributed by atoms with E-state index in [4.69, 9.17) is 5.73 Å². The second kappa shape index (κ2) is 3.97. The maximum atomic E-state index is 5.92. The smallest absolute Gasteiger partial charge is 0.000529 e. The number of hydrogen-bond donors (Lipinski definition) is 1. The molecule has 0 spiro atoms. The van der Waals surface area contributed by atoms with Crippen molar-refractivity contribution in [2.45, 2.75) is 39.5 Å². The summed E-state index contributed by atoms with van der Waals surface area (Å²) in [5.41, 5.74) is 11.7. The summed E-state index contributed by atoms with van der Waals surface area (Å²) in [4.78, 5) is 0. The van der Waals surface area contributed by atoms with Gasteiger partial charge in [-0.25, -0.2) is 0 Å². The predicted octanol–water partition coefficient (Wildman–Crippen LogP) is 3.06. The number of nitrogens with two attached hydrogens (primary N) is 1. The Labute approximate surface area is 92.7 Å². The van der Waals surface area contributed by atoms with Crippen LogP contribution in [0.4, 0.5) is 0 Å². The maximum Gasteiger partial charge on any atom is -0.000529 e. The highest BCUT2D eigenvalue weighted by molar-refractivity contribution is 5.41. The Kier molecular flexibility index (Phi) is 2.83. The molecule has 1 aromatic carbocycles. The first-order chi connectivity index (χ1) is 7.13. The fourth-order valence-corrected chi connectivity index (χ4v) is 2.82. The molecule has 1 nitrogen and oxygen atoms in total. The predicted molar refractivity (Wildman–Crippen MR) is 65.2 cm³/mol. The number of rotatable bonds is 3. The summed E-state index contributed by atoms with van der Waals surface area (Å²) in [7, 11) is 0.